The molecule has 1 aliphatic carbocycles. The van der Waals surface area contributed by atoms with E-state index in [0.29, 0.717) is 19.1 Å². The van der Waals surface area contributed by atoms with Crippen LogP contribution in [0.1, 0.15) is 54.3 Å². The Hall–Kier alpha value is -2.24. The predicted octanol–water partition coefficient (Wildman–Crippen LogP) is 3.58. The molecular formula is C21H27N5. The number of aromatic amines is 1. The van der Waals surface area contributed by atoms with E-state index in [2.05, 4.69) is 19.9 Å². The lowest BCUT2D eigenvalue weighted by Gasteiger charge is -2.34. The predicted molar refractivity (Wildman–Crippen MR) is 105 cm³/mol. The maximum absolute atomic E-state index is 8.31. The number of fused-ring (bicyclic) bond motifs is 2. The molecule has 0 fully saturated rings. The zero-order chi connectivity index (χ0) is 21.3. The van der Waals surface area contributed by atoms with E-state index >= 15 is 0 Å². The Kier molecular flexibility index (Phi) is 3.99. The molecule has 2 heterocycles. The molecular weight excluding hydrogens is 322 g/mol. The summed E-state index contributed by atoms with van der Waals surface area (Å²) in [6, 6.07) is 5.84. The van der Waals surface area contributed by atoms with Gasteiger partial charge < -0.3 is 10.7 Å². The van der Waals surface area contributed by atoms with Crippen molar-refractivity contribution in [1.29, 1.82) is 0 Å². The molecule has 136 valence electrons. The first-order valence-corrected chi connectivity index (χ1v) is 9.34. The first kappa shape index (κ1) is 13.0. The molecule has 3 N–H and O–H groups in total. The standard InChI is InChI=1S/C21H27N5/c22-12-3-4-14-26(15-20-24-17-9-1-2-10-18(17)25-20)19-11-5-7-16-8-6-13-23-21(16)19/h1-2,6,8-10,13,19H,3-5,7,11-12,14-15,22H2,(H,24,25)/t19-/m0/s1/i1D,6D,8D,13D. The van der Waals surface area contributed by atoms with E-state index in [0.717, 1.165) is 66.8 Å². The summed E-state index contributed by atoms with van der Waals surface area (Å²) in [5.74, 6) is 0.824. The van der Waals surface area contributed by atoms with Gasteiger partial charge in [-0.1, -0.05) is 18.2 Å². The second kappa shape index (κ2) is 7.98. The number of hydrogen-bond acceptors (Lipinski definition) is 4. The van der Waals surface area contributed by atoms with Crippen molar-refractivity contribution in [2.75, 3.05) is 13.1 Å². The number of pyridine rings is 1. The van der Waals surface area contributed by atoms with Gasteiger partial charge in [0.2, 0.25) is 0 Å². The number of benzene rings is 1. The fraction of sp³-hybridized carbons (Fsp3) is 0.429. The van der Waals surface area contributed by atoms with Crippen molar-refractivity contribution in [2.45, 2.75) is 44.7 Å². The van der Waals surface area contributed by atoms with Crippen LogP contribution < -0.4 is 5.73 Å². The summed E-state index contributed by atoms with van der Waals surface area (Å²) in [7, 11) is 0. The van der Waals surface area contributed by atoms with Crippen molar-refractivity contribution >= 4 is 11.0 Å². The molecule has 5 heteroatoms. The normalized spacial score (nSPS) is 19.1. The lowest BCUT2D eigenvalue weighted by molar-refractivity contribution is 0.159. The maximum Gasteiger partial charge on any atom is 0.121 e. The SMILES string of the molecule is [2H]c1ccc2[nH]c(CN(CCCCN)[C@H]3CCCc4c3nc([2H])c([2H])c4[2H])nc2c1. The van der Waals surface area contributed by atoms with Crippen molar-refractivity contribution in [3.05, 3.63) is 59.6 Å². The minimum Gasteiger partial charge on any atom is -0.341 e. The number of nitrogens with zero attached hydrogens (tertiary/aromatic N) is 3. The van der Waals surface area contributed by atoms with E-state index in [4.69, 9.17) is 11.2 Å². The molecule has 4 rings (SSSR count). The average molecular weight is 354 g/mol. The van der Waals surface area contributed by atoms with E-state index in [1.54, 1.807) is 12.1 Å². The fourth-order valence-corrected chi connectivity index (χ4v) is 3.77. The van der Waals surface area contributed by atoms with Crippen molar-refractivity contribution in [2.24, 2.45) is 5.73 Å². The third kappa shape index (κ3) is 3.64. The molecule has 0 saturated carbocycles. The molecule has 0 amide bonds. The van der Waals surface area contributed by atoms with Crippen LogP contribution in [0.2, 0.25) is 0 Å². The van der Waals surface area contributed by atoms with Gasteiger partial charge in [-0.2, -0.15) is 0 Å². The number of unbranched alkanes of at least 4 members (excludes halogenated alkanes) is 1. The van der Waals surface area contributed by atoms with Crippen LogP contribution in [0.15, 0.2) is 42.5 Å². The lowest BCUT2D eigenvalue weighted by atomic mass is 9.90. The van der Waals surface area contributed by atoms with Gasteiger partial charge in [-0.3, -0.25) is 9.88 Å². The minimum atomic E-state index is -0.126. The van der Waals surface area contributed by atoms with Crippen LogP contribution in [0.5, 0.6) is 0 Å². The van der Waals surface area contributed by atoms with Crippen molar-refractivity contribution in [3.8, 4) is 0 Å². The Morgan fingerprint density at radius 1 is 1.31 bits per heavy atom. The molecule has 2 aromatic heterocycles. The second-order valence-corrected chi connectivity index (χ2v) is 6.84. The van der Waals surface area contributed by atoms with Gasteiger partial charge in [-0.05, 0) is 68.9 Å². The molecule has 5 nitrogen and oxygen atoms in total. The van der Waals surface area contributed by atoms with Gasteiger partial charge in [0.25, 0.3) is 0 Å². The summed E-state index contributed by atoms with van der Waals surface area (Å²) in [4.78, 5) is 14.8. The van der Waals surface area contributed by atoms with Gasteiger partial charge in [0.05, 0.1) is 34.8 Å². The van der Waals surface area contributed by atoms with Crippen molar-refractivity contribution in [1.82, 2.24) is 19.9 Å². The highest BCUT2D eigenvalue weighted by molar-refractivity contribution is 5.74. The largest absolute Gasteiger partial charge is 0.341 e. The number of imidazole rings is 1. The van der Waals surface area contributed by atoms with Crippen LogP contribution >= 0.6 is 0 Å². The van der Waals surface area contributed by atoms with Crippen LogP contribution in [0.3, 0.4) is 0 Å². The van der Waals surface area contributed by atoms with Gasteiger partial charge in [0.15, 0.2) is 0 Å². The molecule has 1 atom stereocenters. The molecule has 0 radical (unpaired) electrons. The van der Waals surface area contributed by atoms with E-state index in [-0.39, 0.29) is 24.3 Å². The number of nitrogens with one attached hydrogen (secondary N) is 1. The molecule has 1 aromatic carbocycles. The fourth-order valence-electron chi connectivity index (χ4n) is 3.77. The number of rotatable bonds is 7. The molecule has 1 aliphatic rings. The Morgan fingerprint density at radius 2 is 2.27 bits per heavy atom. The molecule has 0 bridgehead atoms. The lowest BCUT2D eigenvalue weighted by Crippen LogP contribution is -2.33. The highest BCUT2D eigenvalue weighted by atomic mass is 15.2. The summed E-state index contributed by atoms with van der Waals surface area (Å²) in [5.41, 5.74) is 8.97. The van der Waals surface area contributed by atoms with E-state index in [1.165, 1.54) is 0 Å². The molecule has 0 unspecified atom stereocenters. The summed E-state index contributed by atoms with van der Waals surface area (Å²) in [6.07, 6.45) is 4.30. The van der Waals surface area contributed by atoms with Crippen LogP contribution in [-0.2, 0) is 13.0 Å². The van der Waals surface area contributed by atoms with Gasteiger partial charge in [0.1, 0.15) is 5.82 Å². The topological polar surface area (TPSA) is 70.8 Å². The summed E-state index contributed by atoms with van der Waals surface area (Å²) in [6.45, 7) is 2.04. The second-order valence-electron chi connectivity index (χ2n) is 6.84. The van der Waals surface area contributed by atoms with E-state index in [1.807, 2.05) is 6.07 Å². The number of H-pyrrole nitrogens is 1. The first-order valence-electron chi connectivity index (χ1n) is 11.3. The number of aromatic nitrogens is 3. The summed E-state index contributed by atoms with van der Waals surface area (Å²) >= 11 is 0. The number of nitrogens with two attached hydrogens (primary N) is 1. The Morgan fingerprint density at radius 3 is 3.19 bits per heavy atom. The van der Waals surface area contributed by atoms with E-state index < -0.39 is 0 Å². The number of para-hydroxylation sites is 2. The monoisotopic (exact) mass is 353 g/mol. The average Bonchev–Trinajstić information content (AvgIpc) is 3.12. The third-order valence-corrected chi connectivity index (χ3v) is 5.04. The smallest absolute Gasteiger partial charge is 0.121 e. The zero-order valence-corrected chi connectivity index (χ0v) is 14.9. The van der Waals surface area contributed by atoms with Gasteiger partial charge >= 0.3 is 0 Å². The third-order valence-electron chi connectivity index (χ3n) is 5.04. The molecule has 26 heavy (non-hydrogen) atoms. The van der Waals surface area contributed by atoms with Gasteiger partial charge in [-0.25, -0.2) is 4.98 Å². The highest BCUT2D eigenvalue weighted by Crippen LogP contribution is 2.33. The quantitative estimate of drug-likeness (QED) is 0.637. The maximum atomic E-state index is 8.31. The van der Waals surface area contributed by atoms with Gasteiger partial charge in [0, 0.05) is 6.17 Å². The van der Waals surface area contributed by atoms with Crippen molar-refractivity contribution < 1.29 is 5.48 Å². The van der Waals surface area contributed by atoms with Crippen LogP contribution in [0.25, 0.3) is 11.0 Å². The summed E-state index contributed by atoms with van der Waals surface area (Å²) < 4.78 is 32.1. The molecule has 0 aliphatic heterocycles. The number of hydrogen-bond donors (Lipinski definition) is 2. The molecule has 0 spiro atoms. The highest BCUT2D eigenvalue weighted by Gasteiger charge is 2.27. The Bertz CT molecular complexity index is 1050. The molecule has 3 aromatic rings. The Labute approximate surface area is 160 Å². The van der Waals surface area contributed by atoms with Gasteiger partial charge in [-0.15, -0.1) is 0 Å². The van der Waals surface area contributed by atoms with Crippen LogP contribution in [0, 0.1) is 0 Å². The first-order chi connectivity index (χ1) is 14.5. The summed E-state index contributed by atoms with van der Waals surface area (Å²) in [5, 5.41) is 0. The van der Waals surface area contributed by atoms with Crippen molar-refractivity contribution in [3.63, 3.8) is 0 Å². The van der Waals surface area contributed by atoms with Crippen LogP contribution in [-0.4, -0.2) is 32.9 Å². The minimum absolute atomic E-state index is 0.0136. The van der Waals surface area contributed by atoms with E-state index in [9.17, 15) is 0 Å². The zero-order valence-electron chi connectivity index (χ0n) is 18.9. The molecule has 0 saturated heterocycles. The van der Waals surface area contributed by atoms with Crippen LogP contribution in [0.4, 0.5) is 0 Å². The Balaban J connectivity index is 1.67.